The number of morpholine rings is 1. The predicted octanol–water partition coefficient (Wildman–Crippen LogP) is 3.03. The smallest absolute Gasteiger partial charge is 0.191 e. The molecule has 0 bridgehead atoms. The first-order valence-corrected chi connectivity index (χ1v) is 11.5. The Hall–Kier alpha value is -0.120. The van der Waals surface area contributed by atoms with Gasteiger partial charge in [0.15, 0.2) is 5.96 Å². The van der Waals surface area contributed by atoms with E-state index in [9.17, 15) is 0 Å². The first-order chi connectivity index (χ1) is 13.4. The zero-order valence-electron chi connectivity index (χ0n) is 19.5. The summed E-state index contributed by atoms with van der Waals surface area (Å²) >= 11 is 0. The van der Waals surface area contributed by atoms with Crippen LogP contribution in [0.3, 0.4) is 0 Å². The van der Waals surface area contributed by atoms with Gasteiger partial charge in [-0.15, -0.1) is 24.0 Å². The highest BCUT2D eigenvalue weighted by Crippen LogP contribution is 2.21. The molecule has 2 atom stereocenters. The van der Waals surface area contributed by atoms with Crippen LogP contribution < -0.4 is 10.6 Å². The lowest BCUT2D eigenvalue weighted by Crippen LogP contribution is -2.52. The SMILES string of the molecule is CCNC(=NCC(C)(C)N1CCOCC1)NCCCCN1CC(C)CC(C)C1.I. The zero-order valence-corrected chi connectivity index (χ0v) is 21.8. The highest BCUT2D eigenvalue weighted by atomic mass is 127. The van der Waals surface area contributed by atoms with Gasteiger partial charge < -0.3 is 20.3 Å². The van der Waals surface area contributed by atoms with Gasteiger partial charge in [0, 0.05) is 44.8 Å². The number of likely N-dealkylation sites (tertiary alicyclic amines) is 1. The Bertz CT molecular complexity index is 458. The molecular formula is C22H46IN5O. The van der Waals surface area contributed by atoms with Crippen LogP contribution in [-0.4, -0.2) is 86.9 Å². The van der Waals surface area contributed by atoms with Gasteiger partial charge in [0.25, 0.3) is 0 Å². The van der Waals surface area contributed by atoms with Gasteiger partial charge in [-0.1, -0.05) is 13.8 Å². The number of piperidine rings is 1. The van der Waals surface area contributed by atoms with E-state index in [4.69, 9.17) is 9.73 Å². The summed E-state index contributed by atoms with van der Waals surface area (Å²) < 4.78 is 5.48. The lowest BCUT2D eigenvalue weighted by molar-refractivity contribution is -0.00683. The van der Waals surface area contributed by atoms with Crippen LogP contribution in [0.15, 0.2) is 4.99 Å². The number of aliphatic imine (C=N–C) groups is 1. The maximum atomic E-state index is 5.48. The standard InChI is InChI=1S/C22H45N5O.HI/c1-6-23-21(25-18-22(4,5)27-11-13-28-14-12-27)24-9-7-8-10-26-16-19(2)15-20(3)17-26;/h19-20H,6-18H2,1-5H3,(H2,23,24,25);1H. The lowest BCUT2D eigenvalue weighted by Gasteiger charge is -2.39. The molecule has 2 saturated heterocycles. The van der Waals surface area contributed by atoms with Crippen molar-refractivity contribution < 1.29 is 4.74 Å². The molecule has 0 saturated carbocycles. The molecule has 0 radical (unpaired) electrons. The van der Waals surface area contributed by atoms with Gasteiger partial charge in [-0.2, -0.15) is 0 Å². The van der Waals surface area contributed by atoms with Crippen LogP contribution in [0.25, 0.3) is 0 Å². The van der Waals surface area contributed by atoms with Gasteiger partial charge in [-0.25, -0.2) is 0 Å². The maximum absolute atomic E-state index is 5.48. The third-order valence-corrected chi connectivity index (χ3v) is 5.97. The van der Waals surface area contributed by atoms with Crippen LogP contribution in [0.2, 0.25) is 0 Å². The predicted molar refractivity (Wildman–Crippen MR) is 134 cm³/mol. The van der Waals surface area contributed by atoms with Gasteiger partial charge in [-0.3, -0.25) is 9.89 Å². The summed E-state index contributed by atoms with van der Waals surface area (Å²) in [5, 5.41) is 6.92. The molecule has 0 aromatic rings. The third kappa shape index (κ3) is 10.2. The molecule has 29 heavy (non-hydrogen) atoms. The van der Waals surface area contributed by atoms with E-state index in [1.165, 1.54) is 38.9 Å². The number of nitrogens with one attached hydrogen (secondary N) is 2. The number of hydrogen-bond acceptors (Lipinski definition) is 4. The van der Waals surface area contributed by atoms with Crippen LogP contribution in [0.4, 0.5) is 0 Å². The fourth-order valence-electron chi connectivity index (χ4n) is 4.52. The van der Waals surface area contributed by atoms with E-state index >= 15 is 0 Å². The van der Waals surface area contributed by atoms with Crippen molar-refractivity contribution in [1.29, 1.82) is 0 Å². The third-order valence-electron chi connectivity index (χ3n) is 5.97. The van der Waals surface area contributed by atoms with Crippen molar-refractivity contribution in [2.24, 2.45) is 16.8 Å². The molecule has 2 aliphatic rings. The van der Waals surface area contributed by atoms with Crippen molar-refractivity contribution >= 4 is 29.9 Å². The number of rotatable bonds is 9. The van der Waals surface area contributed by atoms with Crippen molar-refractivity contribution in [3.8, 4) is 0 Å². The second kappa shape index (κ2) is 14.0. The Morgan fingerprint density at radius 2 is 1.72 bits per heavy atom. The molecule has 0 aromatic carbocycles. The average Bonchev–Trinajstić information content (AvgIpc) is 2.66. The van der Waals surface area contributed by atoms with Crippen LogP contribution >= 0.6 is 24.0 Å². The Morgan fingerprint density at radius 3 is 2.34 bits per heavy atom. The summed E-state index contributed by atoms with van der Waals surface area (Å²) in [6.45, 7) is 21.6. The van der Waals surface area contributed by atoms with Crippen molar-refractivity contribution in [2.75, 3.05) is 65.6 Å². The van der Waals surface area contributed by atoms with Crippen LogP contribution in [-0.2, 0) is 4.74 Å². The fourth-order valence-corrected chi connectivity index (χ4v) is 4.52. The number of guanidine groups is 1. The molecule has 6 nitrogen and oxygen atoms in total. The van der Waals surface area contributed by atoms with E-state index < -0.39 is 0 Å². The van der Waals surface area contributed by atoms with E-state index in [0.717, 1.165) is 63.7 Å². The second-order valence-corrected chi connectivity index (χ2v) is 9.45. The quantitative estimate of drug-likeness (QED) is 0.211. The van der Waals surface area contributed by atoms with E-state index in [2.05, 4.69) is 55.1 Å². The summed E-state index contributed by atoms with van der Waals surface area (Å²) in [7, 11) is 0. The maximum Gasteiger partial charge on any atom is 0.191 e. The van der Waals surface area contributed by atoms with Crippen molar-refractivity contribution in [2.45, 2.75) is 59.4 Å². The molecule has 2 rings (SSSR count). The molecule has 0 aromatic heterocycles. The molecule has 0 amide bonds. The normalized spacial score (nSPS) is 24.8. The van der Waals surface area contributed by atoms with Gasteiger partial charge in [0.1, 0.15) is 0 Å². The minimum atomic E-state index is 0. The first kappa shape index (κ1) is 26.9. The molecule has 2 unspecified atom stereocenters. The first-order valence-electron chi connectivity index (χ1n) is 11.5. The largest absolute Gasteiger partial charge is 0.379 e. The van der Waals surface area contributed by atoms with E-state index in [-0.39, 0.29) is 29.5 Å². The van der Waals surface area contributed by atoms with E-state index in [1.54, 1.807) is 0 Å². The van der Waals surface area contributed by atoms with Crippen LogP contribution in [0, 0.1) is 11.8 Å². The molecule has 2 aliphatic heterocycles. The number of nitrogens with zero attached hydrogens (tertiary/aromatic N) is 3. The molecule has 2 heterocycles. The molecular weight excluding hydrogens is 477 g/mol. The van der Waals surface area contributed by atoms with Gasteiger partial charge >= 0.3 is 0 Å². The molecule has 2 N–H and O–H groups in total. The molecule has 7 heteroatoms. The van der Waals surface area contributed by atoms with E-state index in [1.807, 2.05) is 0 Å². The second-order valence-electron chi connectivity index (χ2n) is 9.45. The number of ether oxygens (including phenoxy) is 1. The minimum Gasteiger partial charge on any atom is -0.379 e. The Balaban J connectivity index is 0.00000420. The van der Waals surface area contributed by atoms with Crippen molar-refractivity contribution in [3.63, 3.8) is 0 Å². The number of hydrogen-bond donors (Lipinski definition) is 2. The summed E-state index contributed by atoms with van der Waals surface area (Å²) in [6, 6.07) is 0. The Labute approximate surface area is 196 Å². The van der Waals surface area contributed by atoms with Gasteiger partial charge in [0.2, 0.25) is 0 Å². The van der Waals surface area contributed by atoms with Gasteiger partial charge in [0.05, 0.1) is 19.8 Å². The Morgan fingerprint density at radius 1 is 1.07 bits per heavy atom. The summed E-state index contributed by atoms with van der Waals surface area (Å²) in [6.07, 6.45) is 3.84. The minimum absolute atomic E-state index is 0. The molecule has 172 valence electrons. The lowest BCUT2D eigenvalue weighted by atomic mass is 9.92. The molecule has 0 spiro atoms. The highest BCUT2D eigenvalue weighted by Gasteiger charge is 2.28. The Kier molecular flexibility index (Phi) is 13.0. The van der Waals surface area contributed by atoms with Crippen molar-refractivity contribution in [1.82, 2.24) is 20.4 Å². The average molecular weight is 524 g/mol. The molecule has 2 fully saturated rings. The fraction of sp³-hybridized carbons (Fsp3) is 0.955. The number of halogens is 1. The highest BCUT2D eigenvalue weighted by molar-refractivity contribution is 14.0. The van der Waals surface area contributed by atoms with Gasteiger partial charge in [-0.05, 0) is 58.4 Å². The summed E-state index contributed by atoms with van der Waals surface area (Å²) in [5.74, 6) is 2.65. The van der Waals surface area contributed by atoms with Crippen molar-refractivity contribution in [3.05, 3.63) is 0 Å². The molecule has 0 aliphatic carbocycles. The number of unbranched alkanes of at least 4 members (excludes halogenated alkanes) is 1. The topological polar surface area (TPSA) is 52.1 Å². The van der Waals surface area contributed by atoms with Crippen LogP contribution in [0.5, 0.6) is 0 Å². The van der Waals surface area contributed by atoms with E-state index in [0.29, 0.717) is 0 Å². The monoisotopic (exact) mass is 523 g/mol. The summed E-state index contributed by atoms with van der Waals surface area (Å²) in [4.78, 5) is 10.0. The summed E-state index contributed by atoms with van der Waals surface area (Å²) in [5.41, 5.74) is 0.0633. The zero-order chi connectivity index (χ0) is 20.4. The van der Waals surface area contributed by atoms with Crippen LogP contribution in [0.1, 0.15) is 53.9 Å².